The summed E-state index contributed by atoms with van der Waals surface area (Å²) < 4.78 is 6.25. The molecule has 1 N–H and O–H groups in total. The molecule has 18 heavy (non-hydrogen) atoms. The van der Waals surface area contributed by atoms with Crippen molar-refractivity contribution in [1.29, 1.82) is 0 Å². The van der Waals surface area contributed by atoms with Crippen molar-refractivity contribution in [2.45, 2.75) is 82.8 Å². The van der Waals surface area contributed by atoms with E-state index in [4.69, 9.17) is 4.74 Å². The van der Waals surface area contributed by atoms with E-state index < -0.39 is 0 Å². The minimum absolute atomic E-state index is 0.249. The highest BCUT2D eigenvalue weighted by Gasteiger charge is 2.46. The van der Waals surface area contributed by atoms with Gasteiger partial charge in [0.05, 0.1) is 5.60 Å². The molecule has 1 saturated heterocycles. The summed E-state index contributed by atoms with van der Waals surface area (Å²) in [6, 6.07) is 0.710. The first-order valence-corrected chi connectivity index (χ1v) is 8.13. The quantitative estimate of drug-likeness (QED) is 0.809. The molecule has 3 rings (SSSR count). The first kappa shape index (κ1) is 12.9. The molecule has 0 radical (unpaired) electrons. The van der Waals surface area contributed by atoms with Crippen LogP contribution in [0.1, 0.15) is 71.1 Å². The molecule has 1 atom stereocenters. The normalized spacial score (nSPS) is 34.2. The van der Waals surface area contributed by atoms with E-state index in [0.717, 1.165) is 18.6 Å². The molecule has 2 nitrogen and oxygen atoms in total. The van der Waals surface area contributed by atoms with Gasteiger partial charge in [-0.25, -0.2) is 0 Å². The van der Waals surface area contributed by atoms with E-state index in [9.17, 15) is 0 Å². The van der Waals surface area contributed by atoms with Crippen molar-refractivity contribution >= 4 is 0 Å². The van der Waals surface area contributed by atoms with E-state index in [1.165, 1.54) is 64.2 Å². The molecular weight excluding hydrogens is 222 g/mol. The van der Waals surface area contributed by atoms with Crippen molar-refractivity contribution in [3.05, 3.63) is 0 Å². The molecule has 2 heteroatoms. The molecule has 0 bridgehead atoms. The van der Waals surface area contributed by atoms with Crippen LogP contribution >= 0.6 is 0 Å². The Bertz CT molecular complexity index is 271. The molecule has 104 valence electrons. The van der Waals surface area contributed by atoms with Gasteiger partial charge in [-0.3, -0.25) is 0 Å². The van der Waals surface area contributed by atoms with Gasteiger partial charge in [0, 0.05) is 12.6 Å². The van der Waals surface area contributed by atoms with E-state index in [2.05, 4.69) is 12.2 Å². The highest BCUT2D eigenvalue weighted by molar-refractivity contribution is 4.99. The molecular formula is C16H29NO. The number of ether oxygens (including phenoxy) is 1. The Morgan fingerprint density at radius 3 is 2.44 bits per heavy atom. The maximum atomic E-state index is 6.25. The molecule has 3 fully saturated rings. The molecule has 2 aliphatic carbocycles. The van der Waals surface area contributed by atoms with Gasteiger partial charge in [0.2, 0.25) is 0 Å². The van der Waals surface area contributed by atoms with Crippen molar-refractivity contribution in [3.63, 3.8) is 0 Å². The van der Waals surface area contributed by atoms with Gasteiger partial charge in [-0.05, 0) is 63.3 Å². The Labute approximate surface area is 112 Å². The van der Waals surface area contributed by atoms with Crippen LogP contribution in [0.4, 0.5) is 0 Å². The van der Waals surface area contributed by atoms with Crippen LogP contribution in [0, 0.1) is 5.41 Å². The highest BCUT2D eigenvalue weighted by Crippen LogP contribution is 2.53. The van der Waals surface area contributed by atoms with Crippen molar-refractivity contribution in [2.24, 2.45) is 5.41 Å². The van der Waals surface area contributed by atoms with Gasteiger partial charge in [-0.1, -0.05) is 19.8 Å². The fourth-order valence-electron chi connectivity index (χ4n) is 4.70. The fourth-order valence-corrected chi connectivity index (χ4v) is 4.70. The summed E-state index contributed by atoms with van der Waals surface area (Å²) >= 11 is 0. The molecule has 0 aromatic heterocycles. The lowest BCUT2D eigenvalue weighted by Gasteiger charge is -2.48. The summed E-state index contributed by atoms with van der Waals surface area (Å²) in [6.07, 6.45) is 14.0. The van der Waals surface area contributed by atoms with Crippen LogP contribution in [-0.4, -0.2) is 24.8 Å². The monoisotopic (exact) mass is 251 g/mol. The number of hydrogen-bond acceptors (Lipinski definition) is 2. The Balaban J connectivity index is 1.59. The van der Waals surface area contributed by atoms with E-state index in [1.807, 2.05) is 0 Å². The maximum Gasteiger partial charge on any atom is 0.0697 e. The smallest absolute Gasteiger partial charge is 0.0697 e. The fraction of sp³-hybridized carbons (Fsp3) is 1.00. The first-order chi connectivity index (χ1) is 8.76. The predicted molar refractivity (Wildman–Crippen MR) is 74.8 cm³/mol. The second kappa shape index (κ2) is 5.13. The standard InChI is InChI=1S/C16H29NO/c1-2-17-14-5-12-18-16(13-14)10-8-15(9-11-16)6-3-4-7-15/h14,17H,2-13H2,1H3. The summed E-state index contributed by atoms with van der Waals surface area (Å²) in [6.45, 7) is 4.30. The van der Waals surface area contributed by atoms with Gasteiger partial charge in [0.1, 0.15) is 0 Å². The molecule has 0 amide bonds. The average Bonchev–Trinajstić information content (AvgIpc) is 2.84. The SMILES string of the molecule is CCNC1CCOC2(CCC3(CCCC3)CC2)C1. The molecule has 0 aromatic rings. The molecule has 1 aliphatic heterocycles. The Morgan fingerprint density at radius 1 is 1.06 bits per heavy atom. The van der Waals surface area contributed by atoms with Gasteiger partial charge in [-0.15, -0.1) is 0 Å². The van der Waals surface area contributed by atoms with Crippen LogP contribution in [-0.2, 0) is 4.74 Å². The highest BCUT2D eigenvalue weighted by atomic mass is 16.5. The number of hydrogen-bond donors (Lipinski definition) is 1. The van der Waals surface area contributed by atoms with Crippen LogP contribution < -0.4 is 5.32 Å². The van der Waals surface area contributed by atoms with Crippen LogP contribution in [0.2, 0.25) is 0 Å². The third kappa shape index (κ3) is 2.46. The Morgan fingerprint density at radius 2 is 1.78 bits per heavy atom. The lowest BCUT2D eigenvalue weighted by molar-refractivity contribution is -0.125. The van der Waals surface area contributed by atoms with Gasteiger partial charge in [0.15, 0.2) is 0 Å². The predicted octanol–water partition coefficient (Wildman–Crippen LogP) is 3.65. The first-order valence-electron chi connectivity index (χ1n) is 8.13. The van der Waals surface area contributed by atoms with Crippen LogP contribution in [0.3, 0.4) is 0 Å². The zero-order valence-corrected chi connectivity index (χ0v) is 12.0. The van der Waals surface area contributed by atoms with E-state index in [-0.39, 0.29) is 5.60 Å². The Hall–Kier alpha value is -0.0800. The van der Waals surface area contributed by atoms with Crippen LogP contribution in [0.15, 0.2) is 0 Å². The summed E-state index contributed by atoms with van der Waals surface area (Å²) in [5.41, 5.74) is 0.985. The zero-order valence-electron chi connectivity index (χ0n) is 12.0. The topological polar surface area (TPSA) is 21.3 Å². The van der Waals surface area contributed by atoms with Gasteiger partial charge >= 0.3 is 0 Å². The summed E-state index contributed by atoms with van der Waals surface area (Å²) in [5, 5.41) is 3.64. The summed E-state index contributed by atoms with van der Waals surface area (Å²) in [5.74, 6) is 0. The largest absolute Gasteiger partial charge is 0.375 e. The molecule has 1 heterocycles. The minimum atomic E-state index is 0.249. The van der Waals surface area contributed by atoms with Gasteiger partial charge in [-0.2, -0.15) is 0 Å². The minimum Gasteiger partial charge on any atom is -0.375 e. The Kier molecular flexibility index (Phi) is 3.68. The van der Waals surface area contributed by atoms with Crippen molar-refractivity contribution in [3.8, 4) is 0 Å². The van der Waals surface area contributed by atoms with E-state index in [1.54, 1.807) is 0 Å². The zero-order chi connectivity index (χ0) is 12.5. The third-order valence-corrected chi connectivity index (χ3v) is 5.87. The second-order valence-corrected chi connectivity index (χ2v) is 6.99. The van der Waals surface area contributed by atoms with E-state index >= 15 is 0 Å². The van der Waals surface area contributed by atoms with E-state index in [0.29, 0.717) is 6.04 Å². The molecule has 3 aliphatic rings. The molecule has 2 spiro atoms. The van der Waals surface area contributed by atoms with Gasteiger partial charge < -0.3 is 10.1 Å². The molecule has 0 aromatic carbocycles. The molecule has 1 unspecified atom stereocenters. The summed E-state index contributed by atoms with van der Waals surface area (Å²) in [4.78, 5) is 0. The number of nitrogens with one attached hydrogen (secondary N) is 1. The average molecular weight is 251 g/mol. The third-order valence-electron chi connectivity index (χ3n) is 5.87. The maximum absolute atomic E-state index is 6.25. The van der Waals surface area contributed by atoms with Gasteiger partial charge in [0.25, 0.3) is 0 Å². The summed E-state index contributed by atoms with van der Waals surface area (Å²) in [7, 11) is 0. The lowest BCUT2D eigenvalue weighted by Crippen LogP contribution is -2.50. The lowest BCUT2D eigenvalue weighted by atomic mass is 9.65. The van der Waals surface area contributed by atoms with Crippen molar-refractivity contribution in [1.82, 2.24) is 5.32 Å². The second-order valence-electron chi connectivity index (χ2n) is 6.99. The number of rotatable bonds is 2. The van der Waals surface area contributed by atoms with Crippen molar-refractivity contribution in [2.75, 3.05) is 13.2 Å². The van der Waals surface area contributed by atoms with Crippen molar-refractivity contribution < 1.29 is 4.74 Å². The van der Waals surface area contributed by atoms with Crippen LogP contribution in [0.5, 0.6) is 0 Å². The molecule has 2 saturated carbocycles. The van der Waals surface area contributed by atoms with Crippen LogP contribution in [0.25, 0.3) is 0 Å².